The zero-order chi connectivity index (χ0) is 25.2. The Balaban J connectivity index is 1.67. The third-order valence-corrected chi connectivity index (χ3v) is 7.78. The molecule has 2 unspecified atom stereocenters. The summed E-state index contributed by atoms with van der Waals surface area (Å²) in [4.78, 5) is 42.9. The standard InChI is InChI=1S/C26H26N2O7/c1-2-11-5-6-28-16(7-11)14-3-4-17(29)20-15(14)9-12-8-13-10-18(30)21(25(27)34)24(33)26(13,35)23(32)19(12)22(20)31/h3-7,12-13,18,21,29-30,32,35H,2,8-10H2,1H3,(H2,27,34)/t12-,13+,18?,21?,26+/m1/s1. The van der Waals surface area contributed by atoms with E-state index in [2.05, 4.69) is 4.98 Å². The van der Waals surface area contributed by atoms with Crippen LogP contribution in [0.1, 0.15) is 41.3 Å². The number of fused-ring (bicyclic) bond motifs is 3. The van der Waals surface area contributed by atoms with Gasteiger partial charge in [0.25, 0.3) is 0 Å². The number of hydrogen-bond donors (Lipinski definition) is 5. The SMILES string of the molecule is CCc1ccnc(-c2ccc(O)c3c2C[C@H]2C[C@H]4CC(O)C(C(N)=O)C(=O)[C@@]4(O)C(O)=C2C3=O)c1. The molecule has 182 valence electrons. The molecule has 2 aromatic rings. The summed E-state index contributed by atoms with van der Waals surface area (Å²) < 4.78 is 0. The lowest BCUT2D eigenvalue weighted by Gasteiger charge is -2.48. The number of phenolic OH excluding ortho intramolecular Hbond substituents is 1. The molecule has 5 atom stereocenters. The van der Waals surface area contributed by atoms with E-state index in [0.717, 1.165) is 12.0 Å². The lowest BCUT2D eigenvalue weighted by atomic mass is 9.57. The number of hydrogen-bond acceptors (Lipinski definition) is 8. The van der Waals surface area contributed by atoms with Gasteiger partial charge in [0.15, 0.2) is 17.2 Å². The monoisotopic (exact) mass is 478 g/mol. The van der Waals surface area contributed by atoms with Gasteiger partial charge < -0.3 is 26.2 Å². The smallest absolute Gasteiger partial charge is 0.230 e. The van der Waals surface area contributed by atoms with Crippen molar-refractivity contribution in [3.8, 4) is 17.0 Å². The largest absolute Gasteiger partial charge is 0.508 e. The Morgan fingerprint density at radius 1 is 1.20 bits per heavy atom. The molecule has 1 aromatic carbocycles. The number of primary amides is 1. The fourth-order valence-electron chi connectivity index (χ4n) is 6.01. The number of aromatic nitrogens is 1. The fourth-order valence-corrected chi connectivity index (χ4v) is 6.01. The summed E-state index contributed by atoms with van der Waals surface area (Å²) in [7, 11) is 0. The number of nitrogens with zero attached hydrogens (tertiary/aromatic N) is 1. The van der Waals surface area contributed by atoms with E-state index in [1.54, 1.807) is 12.3 Å². The second-order valence-electron chi connectivity index (χ2n) is 9.63. The number of nitrogens with two attached hydrogens (primary N) is 1. The Hall–Kier alpha value is -3.56. The number of carbonyl (C=O) groups excluding carboxylic acids is 3. The molecule has 0 bridgehead atoms. The van der Waals surface area contributed by atoms with Gasteiger partial charge in [-0.15, -0.1) is 0 Å². The van der Waals surface area contributed by atoms with E-state index >= 15 is 0 Å². The minimum absolute atomic E-state index is 0.0132. The zero-order valence-corrected chi connectivity index (χ0v) is 19.1. The van der Waals surface area contributed by atoms with Crippen molar-refractivity contribution in [3.63, 3.8) is 0 Å². The maximum atomic E-state index is 13.6. The average molecular weight is 479 g/mol. The summed E-state index contributed by atoms with van der Waals surface area (Å²) in [6.07, 6.45) is 1.30. The van der Waals surface area contributed by atoms with E-state index in [1.165, 1.54) is 6.07 Å². The Labute approximate surface area is 200 Å². The van der Waals surface area contributed by atoms with E-state index in [-0.39, 0.29) is 36.1 Å². The van der Waals surface area contributed by atoms with Crippen molar-refractivity contribution in [3.05, 3.63) is 58.5 Å². The van der Waals surface area contributed by atoms with Gasteiger partial charge in [0.1, 0.15) is 17.4 Å². The molecule has 1 heterocycles. The van der Waals surface area contributed by atoms with Crippen LogP contribution in [0.15, 0.2) is 41.8 Å². The lowest BCUT2D eigenvalue weighted by Crippen LogP contribution is -2.63. The van der Waals surface area contributed by atoms with Gasteiger partial charge in [0, 0.05) is 23.3 Å². The molecule has 3 aliphatic rings. The van der Waals surface area contributed by atoms with Crippen molar-refractivity contribution in [2.45, 2.75) is 44.3 Å². The predicted molar refractivity (Wildman–Crippen MR) is 123 cm³/mol. The molecule has 0 aliphatic heterocycles. The van der Waals surface area contributed by atoms with Gasteiger partial charge >= 0.3 is 0 Å². The number of aromatic hydroxyl groups is 1. The van der Waals surface area contributed by atoms with Gasteiger partial charge in [-0.25, -0.2) is 0 Å². The zero-order valence-electron chi connectivity index (χ0n) is 19.1. The minimum Gasteiger partial charge on any atom is -0.508 e. The number of carbonyl (C=O) groups is 3. The Kier molecular flexibility index (Phi) is 5.30. The van der Waals surface area contributed by atoms with Crippen LogP contribution >= 0.6 is 0 Å². The summed E-state index contributed by atoms with van der Waals surface area (Å²) in [5, 5.41) is 43.4. The molecule has 1 amide bonds. The predicted octanol–water partition coefficient (Wildman–Crippen LogP) is 1.37. The first kappa shape index (κ1) is 23.2. The maximum absolute atomic E-state index is 13.6. The van der Waals surface area contributed by atoms with Crippen molar-refractivity contribution in [1.29, 1.82) is 0 Å². The fraction of sp³-hybridized carbons (Fsp3) is 0.385. The van der Waals surface area contributed by atoms with Gasteiger partial charge in [-0.3, -0.25) is 19.4 Å². The number of aryl methyl sites for hydroxylation is 1. The third kappa shape index (κ3) is 3.22. The number of allylic oxidation sites excluding steroid dienone is 1. The first-order valence-corrected chi connectivity index (χ1v) is 11.6. The van der Waals surface area contributed by atoms with Crippen molar-refractivity contribution in [2.24, 2.45) is 23.5 Å². The van der Waals surface area contributed by atoms with Gasteiger partial charge in [0.2, 0.25) is 5.91 Å². The highest BCUT2D eigenvalue weighted by Gasteiger charge is 2.62. The summed E-state index contributed by atoms with van der Waals surface area (Å²) in [6.45, 7) is 2.01. The van der Waals surface area contributed by atoms with E-state index < -0.39 is 52.7 Å². The molecule has 5 rings (SSSR count). The van der Waals surface area contributed by atoms with E-state index in [0.29, 0.717) is 16.8 Å². The van der Waals surface area contributed by atoms with Gasteiger partial charge in [-0.2, -0.15) is 0 Å². The number of Topliss-reactive ketones (excluding diaryl/α,β-unsaturated/α-hetero) is 2. The van der Waals surface area contributed by atoms with Crippen LogP contribution < -0.4 is 5.73 Å². The second kappa shape index (κ2) is 8.00. The van der Waals surface area contributed by atoms with Crippen molar-refractivity contribution >= 4 is 17.5 Å². The molecule has 0 spiro atoms. The average Bonchev–Trinajstić information content (AvgIpc) is 2.81. The van der Waals surface area contributed by atoms with Crippen LogP contribution in [0.3, 0.4) is 0 Å². The number of amides is 1. The van der Waals surface area contributed by atoms with Crippen LogP contribution in [0.5, 0.6) is 5.75 Å². The van der Waals surface area contributed by atoms with Crippen LogP contribution in [0.2, 0.25) is 0 Å². The highest BCUT2D eigenvalue weighted by Crippen LogP contribution is 2.52. The Bertz CT molecular complexity index is 1320. The van der Waals surface area contributed by atoms with Gasteiger partial charge in [-0.1, -0.05) is 6.92 Å². The molecule has 1 saturated carbocycles. The third-order valence-electron chi connectivity index (χ3n) is 7.78. The quantitative estimate of drug-likeness (QED) is 0.412. The molecular weight excluding hydrogens is 452 g/mol. The summed E-state index contributed by atoms with van der Waals surface area (Å²) in [5.41, 5.74) is 5.53. The molecule has 9 nitrogen and oxygen atoms in total. The van der Waals surface area contributed by atoms with Crippen LogP contribution in [0, 0.1) is 17.8 Å². The number of benzene rings is 1. The second-order valence-corrected chi connectivity index (χ2v) is 9.63. The molecule has 1 fully saturated rings. The number of aliphatic hydroxyl groups excluding tert-OH is 2. The molecule has 3 aliphatic carbocycles. The van der Waals surface area contributed by atoms with Gasteiger partial charge in [-0.05, 0) is 67.0 Å². The topological polar surface area (TPSA) is 171 Å². The number of aliphatic hydroxyl groups is 3. The number of pyridine rings is 1. The number of rotatable bonds is 3. The molecule has 0 saturated heterocycles. The lowest BCUT2D eigenvalue weighted by molar-refractivity contribution is -0.167. The van der Waals surface area contributed by atoms with Crippen LogP contribution in [-0.2, 0) is 22.4 Å². The summed E-state index contributed by atoms with van der Waals surface area (Å²) in [6, 6.07) is 6.89. The summed E-state index contributed by atoms with van der Waals surface area (Å²) >= 11 is 0. The summed E-state index contributed by atoms with van der Waals surface area (Å²) in [5.74, 6) is -7.21. The normalized spacial score (nSPS) is 29.9. The molecule has 6 N–H and O–H groups in total. The van der Waals surface area contributed by atoms with Crippen molar-refractivity contribution in [1.82, 2.24) is 4.98 Å². The van der Waals surface area contributed by atoms with Crippen LogP contribution in [0.25, 0.3) is 11.3 Å². The molecule has 9 heteroatoms. The number of phenols is 1. The van der Waals surface area contributed by atoms with Crippen molar-refractivity contribution < 1.29 is 34.8 Å². The van der Waals surface area contributed by atoms with E-state index in [4.69, 9.17) is 5.73 Å². The maximum Gasteiger partial charge on any atom is 0.230 e. The first-order chi connectivity index (χ1) is 16.6. The molecule has 35 heavy (non-hydrogen) atoms. The Morgan fingerprint density at radius 2 is 1.94 bits per heavy atom. The van der Waals surface area contributed by atoms with E-state index in [1.807, 2.05) is 19.1 Å². The van der Waals surface area contributed by atoms with Crippen LogP contribution in [0.4, 0.5) is 0 Å². The van der Waals surface area contributed by atoms with Gasteiger partial charge in [0.05, 0.1) is 17.4 Å². The Morgan fingerprint density at radius 3 is 2.63 bits per heavy atom. The molecule has 0 radical (unpaired) electrons. The minimum atomic E-state index is -2.51. The highest BCUT2D eigenvalue weighted by atomic mass is 16.3. The van der Waals surface area contributed by atoms with Crippen LogP contribution in [-0.4, -0.2) is 54.6 Å². The first-order valence-electron chi connectivity index (χ1n) is 11.6. The van der Waals surface area contributed by atoms with Crippen molar-refractivity contribution in [2.75, 3.05) is 0 Å². The highest BCUT2D eigenvalue weighted by molar-refractivity contribution is 6.16. The molecular formula is C26H26N2O7. The number of ketones is 2. The molecule has 1 aromatic heterocycles. The van der Waals surface area contributed by atoms with E-state index in [9.17, 15) is 34.8 Å².